The second-order valence-electron chi connectivity index (χ2n) is 6.68. The van der Waals surface area contributed by atoms with Gasteiger partial charge in [-0.05, 0) is 44.0 Å². The smallest absolute Gasteiger partial charge is 0.326 e. The van der Waals surface area contributed by atoms with Gasteiger partial charge in [0.25, 0.3) is 11.8 Å². The number of carbonyl (C=O) groups is 3. The average molecular weight is 384 g/mol. The maximum absolute atomic E-state index is 13.6. The lowest BCUT2D eigenvalue weighted by atomic mass is 10.1. The van der Waals surface area contributed by atoms with Gasteiger partial charge in [-0.3, -0.25) is 14.4 Å². The summed E-state index contributed by atoms with van der Waals surface area (Å²) in [5.74, 6) is -2.51. The predicted octanol–water partition coefficient (Wildman–Crippen LogP) is 2.46. The average Bonchev–Trinajstić information content (AvgIpc) is 3.01. The summed E-state index contributed by atoms with van der Waals surface area (Å²) in [6, 6.07) is 13.0. The number of amides is 2. The van der Waals surface area contributed by atoms with Crippen LogP contribution in [0.3, 0.4) is 0 Å². The predicted molar refractivity (Wildman–Crippen MR) is 101 cm³/mol. The Kier molecular flexibility index (Phi) is 5.73. The number of rotatable bonds is 5. The fourth-order valence-electron chi connectivity index (χ4n) is 3.28. The lowest BCUT2D eigenvalue weighted by molar-refractivity contribution is -0.152. The summed E-state index contributed by atoms with van der Waals surface area (Å²) in [6.45, 7) is 2.96. The van der Waals surface area contributed by atoms with E-state index >= 15 is 0 Å². The van der Waals surface area contributed by atoms with Crippen molar-refractivity contribution in [2.24, 2.45) is 0 Å². The van der Waals surface area contributed by atoms with Crippen LogP contribution in [-0.2, 0) is 20.7 Å². The minimum atomic E-state index is -1.01. The van der Waals surface area contributed by atoms with Crippen molar-refractivity contribution in [3.63, 3.8) is 0 Å². The molecule has 28 heavy (non-hydrogen) atoms. The van der Waals surface area contributed by atoms with Crippen LogP contribution in [0, 0.1) is 5.82 Å². The third-order valence-corrected chi connectivity index (χ3v) is 4.61. The molecule has 0 fully saturated rings. The lowest BCUT2D eigenvalue weighted by Crippen LogP contribution is -2.44. The summed E-state index contributed by atoms with van der Waals surface area (Å²) in [5, 5.41) is 2.30. The van der Waals surface area contributed by atoms with E-state index in [4.69, 9.17) is 4.74 Å². The molecule has 1 aliphatic rings. The van der Waals surface area contributed by atoms with Crippen LogP contribution in [0.2, 0.25) is 0 Å². The van der Waals surface area contributed by atoms with Crippen LogP contribution in [0.5, 0.6) is 0 Å². The van der Waals surface area contributed by atoms with E-state index in [1.807, 2.05) is 31.2 Å². The zero-order chi connectivity index (χ0) is 20.3. The molecule has 1 heterocycles. The number of ether oxygens (including phenoxy) is 1. The number of nitrogens with one attached hydrogen (secondary N) is 1. The van der Waals surface area contributed by atoms with Gasteiger partial charge in [0.15, 0.2) is 6.10 Å². The highest BCUT2D eigenvalue weighted by molar-refractivity contribution is 6.00. The van der Waals surface area contributed by atoms with Crippen LogP contribution in [0.1, 0.15) is 29.8 Å². The zero-order valence-corrected chi connectivity index (χ0v) is 15.6. The van der Waals surface area contributed by atoms with Gasteiger partial charge in [-0.1, -0.05) is 30.3 Å². The standard InChI is InChI=1S/C21H21FN2O4/c1-13-11-15-7-3-6-10-18(15)24(13)21(27)14(2)28-19(25)12-23-20(26)16-8-4-5-9-17(16)22/h3-10,13-14H,11-12H2,1-2H3,(H,23,26)/t13-,14-/m0/s1. The topological polar surface area (TPSA) is 75.7 Å². The van der Waals surface area contributed by atoms with Gasteiger partial charge in [0.2, 0.25) is 0 Å². The summed E-state index contributed by atoms with van der Waals surface area (Å²) in [5.41, 5.74) is 1.72. The van der Waals surface area contributed by atoms with Crippen LogP contribution in [0.4, 0.5) is 10.1 Å². The van der Waals surface area contributed by atoms with Crippen molar-refractivity contribution in [3.05, 3.63) is 65.5 Å². The summed E-state index contributed by atoms with van der Waals surface area (Å²) < 4.78 is 18.7. The molecule has 1 N–H and O–H groups in total. The molecule has 0 aromatic heterocycles. The van der Waals surface area contributed by atoms with Gasteiger partial charge < -0.3 is 15.0 Å². The van der Waals surface area contributed by atoms with E-state index < -0.39 is 30.3 Å². The van der Waals surface area contributed by atoms with E-state index in [2.05, 4.69) is 5.32 Å². The van der Waals surface area contributed by atoms with Gasteiger partial charge in [-0.25, -0.2) is 4.39 Å². The molecule has 2 atom stereocenters. The number of halogens is 1. The number of anilines is 1. The third-order valence-electron chi connectivity index (χ3n) is 4.61. The number of esters is 1. The first-order valence-electron chi connectivity index (χ1n) is 9.01. The van der Waals surface area contributed by atoms with Crippen molar-refractivity contribution in [1.29, 1.82) is 0 Å². The number of para-hydroxylation sites is 1. The summed E-state index contributed by atoms with van der Waals surface area (Å²) in [6.07, 6.45) is -0.271. The third kappa shape index (κ3) is 4.03. The van der Waals surface area contributed by atoms with Crippen molar-refractivity contribution in [1.82, 2.24) is 5.32 Å². The monoisotopic (exact) mass is 384 g/mol. The maximum Gasteiger partial charge on any atom is 0.326 e. The Balaban J connectivity index is 1.56. The number of hydrogen-bond acceptors (Lipinski definition) is 4. The Hall–Kier alpha value is -3.22. The van der Waals surface area contributed by atoms with Crippen LogP contribution < -0.4 is 10.2 Å². The van der Waals surface area contributed by atoms with Crippen LogP contribution in [-0.4, -0.2) is 36.5 Å². The van der Waals surface area contributed by atoms with E-state index in [9.17, 15) is 18.8 Å². The van der Waals surface area contributed by atoms with Crippen LogP contribution in [0.15, 0.2) is 48.5 Å². The Morgan fingerprint density at radius 2 is 1.86 bits per heavy atom. The molecule has 0 bridgehead atoms. The molecule has 0 saturated carbocycles. The largest absolute Gasteiger partial charge is 0.451 e. The van der Waals surface area contributed by atoms with Crippen molar-refractivity contribution in [2.75, 3.05) is 11.4 Å². The first kappa shape index (κ1) is 19.5. The molecule has 0 saturated heterocycles. The molecule has 6 nitrogen and oxygen atoms in total. The fraction of sp³-hybridized carbons (Fsp3) is 0.286. The zero-order valence-electron chi connectivity index (χ0n) is 15.6. The molecule has 0 radical (unpaired) electrons. The molecule has 2 aromatic rings. The molecule has 3 rings (SSSR count). The number of benzene rings is 2. The fourth-order valence-corrected chi connectivity index (χ4v) is 3.28. The minimum Gasteiger partial charge on any atom is -0.451 e. The van der Waals surface area contributed by atoms with Gasteiger partial charge in [0.05, 0.1) is 5.56 Å². The van der Waals surface area contributed by atoms with E-state index in [0.29, 0.717) is 0 Å². The molecule has 1 aliphatic heterocycles. The van der Waals surface area contributed by atoms with E-state index in [0.717, 1.165) is 23.7 Å². The van der Waals surface area contributed by atoms with Crippen molar-refractivity contribution in [2.45, 2.75) is 32.4 Å². The molecule has 146 valence electrons. The Morgan fingerprint density at radius 1 is 1.18 bits per heavy atom. The molecular formula is C21H21FN2O4. The number of fused-ring (bicyclic) bond motifs is 1. The van der Waals surface area contributed by atoms with Crippen molar-refractivity contribution < 1.29 is 23.5 Å². The minimum absolute atomic E-state index is 0.0354. The van der Waals surface area contributed by atoms with Gasteiger partial charge in [-0.15, -0.1) is 0 Å². The summed E-state index contributed by atoms with van der Waals surface area (Å²) in [7, 11) is 0. The molecular weight excluding hydrogens is 363 g/mol. The van der Waals surface area contributed by atoms with E-state index in [-0.39, 0.29) is 17.5 Å². The normalized spacial score (nSPS) is 16.2. The van der Waals surface area contributed by atoms with Gasteiger partial charge in [0, 0.05) is 11.7 Å². The highest BCUT2D eigenvalue weighted by Crippen LogP contribution is 2.32. The highest BCUT2D eigenvalue weighted by atomic mass is 19.1. The number of nitrogens with zero attached hydrogens (tertiary/aromatic N) is 1. The maximum atomic E-state index is 13.6. The molecule has 2 aromatic carbocycles. The molecule has 0 spiro atoms. The SMILES string of the molecule is C[C@H](OC(=O)CNC(=O)c1ccccc1F)C(=O)N1c2ccccc2C[C@@H]1C. The Morgan fingerprint density at radius 3 is 2.61 bits per heavy atom. The second kappa shape index (κ2) is 8.21. The van der Waals surface area contributed by atoms with Crippen LogP contribution >= 0.6 is 0 Å². The number of hydrogen-bond donors (Lipinski definition) is 1. The first-order chi connectivity index (χ1) is 13.4. The highest BCUT2D eigenvalue weighted by Gasteiger charge is 2.34. The van der Waals surface area contributed by atoms with Gasteiger partial charge >= 0.3 is 5.97 Å². The van der Waals surface area contributed by atoms with E-state index in [1.165, 1.54) is 25.1 Å². The second-order valence-corrected chi connectivity index (χ2v) is 6.68. The first-order valence-corrected chi connectivity index (χ1v) is 9.01. The molecule has 0 unspecified atom stereocenters. The quantitative estimate of drug-likeness (QED) is 0.804. The molecule has 7 heteroatoms. The Bertz CT molecular complexity index is 915. The van der Waals surface area contributed by atoms with Crippen molar-refractivity contribution in [3.8, 4) is 0 Å². The molecule has 0 aliphatic carbocycles. The van der Waals surface area contributed by atoms with Gasteiger partial charge in [-0.2, -0.15) is 0 Å². The van der Waals surface area contributed by atoms with E-state index in [1.54, 1.807) is 4.90 Å². The summed E-state index contributed by atoms with van der Waals surface area (Å²) >= 11 is 0. The summed E-state index contributed by atoms with van der Waals surface area (Å²) in [4.78, 5) is 38.4. The van der Waals surface area contributed by atoms with Gasteiger partial charge in [0.1, 0.15) is 12.4 Å². The van der Waals surface area contributed by atoms with Crippen LogP contribution in [0.25, 0.3) is 0 Å². The Labute approximate surface area is 162 Å². The molecule has 2 amide bonds. The number of carbonyl (C=O) groups excluding carboxylic acids is 3. The van der Waals surface area contributed by atoms with Crippen molar-refractivity contribution >= 4 is 23.5 Å². The lowest BCUT2D eigenvalue weighted by Gasteiger charge is -2.26.